The van der Waals surface area contributed by atoms with Crippen LogP contribution < -0.4 is 5.32 Å². The highest BCUT2D eigenvalue weighted by molar-refractivity contribution is 5.91. The molecule has 0 radical (unpaired) electrons. The van der Waals surface area contributed by atoms with Gasteiger partial charge >= 0.3 is 0 Å². The molecule has 140 valence electrons. The van der Waals surface area contributed by atoms with E-state index in [4.69, 9.17) is 4.42 Å². The maximum Gasteiger partial charge on any atom is 0.291 e. The summed E-state index contributed by atoms with van der Waals surface area (Å²) in [5, 5.41) is 7.38. The van der Waals surface area contributed by atoms with Crippen LogP contribution in [0.3, 0.4) is 0 Å². The van der Waals surface area contributed by atoms with E-state index in [1.165, 1.54) is 12.8 Å². The van der Waals surface area contributed by atoms with Gasteiger partial charge < -0.3 is 14.6 Å². The van der Waals surface area contributed by atoms with E-state index in [1.807, 2.05) is 37.3 Å². The summed E-state index contributed by atoms with van der Waals surface area (Å²) in [5.74, 6) is 0.482. The summed E-state index contributed by atoms with van der Waals surface area (Å²) < 4.78 is 6.86. The third-order valence-corrected chi connectivity index (χ3v) is 4.78. The van der Waals surface area contributed by atoms with Gasteiger partial charge in [0.1, 0.15) is 6.26 Å². The molecule has 1 N–H and O–H groups in total. The molecule has 0 spiro atoms. The summed E-state index contributed by atoms with van der Waals surface area (Å²) in [5.41, 5.74) is 2.78. The van der Waals surface area contributed by atoms with E-state index in [2.05, 4.69) is 20.3 Å². The number of likely N-dealkylation sites (tertiary alicyclic amines) is 1. The number of hydrogen-bond donors (Lipinski definition) is 1. The van der Waals surface area contributed by atoms with Gasteiger partial charge in [0.2, 0.25) is 5.82 Å². The van der Waals surface area contributed by atoms with Crippen molar-refractivity contribution in [2.24, 2.45) is 0 Å². The number of rotatable bonds is 6. The highest BCUT2D eigenvalue weighted by Gasteiger charge is 2.19. The fraction of sp³-hybridized carbons (Fsp3) is 0.350. The summed E-state index contributed by atoms with van der Waals surface area (Å²) in [7, 11) is 0. The van der Waals surface area contributed by atoms with Crippen LogP contribution in [0.25, 0.3) is 17.1 Å². The van der Waals surface area contributed by atoms with Crippen molar-refractivity contribution in [2.75, 3.05) is 26.2 Å². The van der Waals surface area contributed by atoms with E-state index in [9.17, 15) is 4.79 Å². The minimum atomic E-state index is -0.259. The third-order valence-electron chi connectivity index (χ3n) is 4.78. The van der Waals surface area contributed by atoms with E-state index in [-0.39, 0.29) is 11.7 Å². The van der Waals surface area contributed by atoms with Gasteiger partial charge in [0, 0.05) is 13.1 Å². The van der Waals surface area contributed by atoms with E-state index < -0.39 is 0 Å². The van der Waals surface area contributed by atoms with Gasteiger partial charge in [-0.2, -0.15) is 0 Å². The second-order valence-corrected chi connectivity index (χ2v) is 6.82. The Morgan fingerprint density at radius 3 is 2.67 bits per heavy atom. The highest BCUT2D eigenvalue weighted by Crippen LogP contribution is 2.22. The molecule has 3 heterocycles. The van der Waals surface area contributed by atoms with Gasteiger partial charge in [0.15, 0.2) is 5.82 Å². The molecule has 3 aromatic rings. The molecule has 0 atom stereocenters. The lowest BCUT2D eigenvalue weighted by atomic mass is 10.2. The lowest BCUT2D eigenvalue weighted by Crippen LogP contribution is -2.34. The van der Waals surface area contributed by atoms with Crippen molar-refractivity contribution in [3.05, 3.63) is 54.2 Å². The van der Waals surface area contributed by atoms with Gasteiger partial charge in [-0.1, -0.05) is 17.7 Å². The molecule has 0 bridgehead atoms. The summed E-state index contributed by atoms with van der Waals surface area (Å²) in [6.45, 7) is 5.71. The molecule has 2 aromatic heterocycles. The van der Waals surface area contributed by atoms with Crippen LogP contribution in [0.4, 0.5) is 0 Å². The number of benzene rings is 1. The predicted molar refractivity (Wildman–Crippen MR) is 102 cm³/mol. The monoisotopic (exact) mass is 365 g/mol. The number of carbonyl (C=O) groups is 1. The maximum atomic E-state index is 12.5. The molecular weight excluding hydrogens is 342 g/mol. The number of nitrogens with one attached hydrogen (secondary N) is 1. The summed E-state index contributed by atoms with van der Waals surface area (Å²) >= 11 is 0. The van der Waals surface area contributed by atoms with Crippen LogP contribution in [0.5, 0.6) is 0 Å². The molecule has 1 amide bonds. The van der Waals surface area contributed by atoms with Crippen molar-refractivity contribution in [1.29, 1.82) is 0 Å². The first kappa shape index (κ1) is 17.5. The van der Waals surface area contributed by atoms with Gasteiger partial charge in [-0.25, -0.2) is 9.67 Å². The molecule has 0 unspecified atom stereocenters. The van der Waals surface area contributed by atoms with Gasteiger partial charge in [0.05, 0.1) is 17.5 Å². The molecule has 1 aliphatic heterocycles. The Morgan fingerprint density at radius 2 is 1.96 bits per heavy atom. The van der Waals surface area contributed by atoms with Crippen LogP contribution in [-0.2, 0) is 0 Å². The van der Waals surface area contributed by atoms with Crippen molar-refractivity contribution in [1.82, 2.24) is 25.0 Å². The average Bonchev–Trinajstić information content (AvgIpc) is 3.43. The molecule has 0 aliphatic carbocycles. The molecule has 1 aromatic carbocycles. The van der Waals surface area contributed by atoms with Crippen molar-refractivity contribution in [3.63, 3.8) is 0 Å². The Labute approximate surface area is 158 Å². The Morgan fingerprint density at radius 1 is 1.19 bits per heavy atom. The zero-order valence-electron chi connectivity index (χ0n) is 15.4. The topological polar surface area (TPSA) is 76.2 Å². The van der Waals surface area contributed by atoms with Crippen molar-refractivity contribution >= 4 is 5.91 Å². The van der Waals surface area contributed by atoms with E-state index >= 15 is 0 Å². The van der Waals surface area contributed by atoms with Crippen LogP contribution in [0.15, 0.2) is 47.3 Å². The summed E-state index contributed by atoms with van der Waals surface area (Å²) in [6, 6.07) is 9.74. The summed E-state index contributed by atoms with van der Waals surface area (Å²) in [4.78, 5) is 19.4. The second kappa shape index (κ2) is 7.75. The molecule has 7 heteroatoms. The first-order valence-corrected chi connectivity index (χ1v) is 9.28. The minimum absolute atomic E-state index is 0.160. The SMILES string of the molecule is Cc1ccc(-n2nc(C(=O)NCCN3CCCC3)nc2-c2ccoc2)cc1. The fourth-order valence-electron chi connectivity index (χ4n) is 3.27. The van der Waals surface area contributed by atoms with Crippen molar-refractivity contribution in [3.8, 4) is 17.1 Å². The highest BCUT2D eigenvalue weighted by atomic mass is 16.3. The van der Waals surface area contributed by atoms with Gasteiger partial charge in [-0.15, -0.1) is 5.10 Å². The molecule has 1 aliphatic rings. The standard InChI is InChI=1S/C20H23N5O2/c1-15-4-6-17(7-5-15)25-19(16-8-13-27-14-16)22-18(23-25)20(26)21-9-12-24-10-2-3-11-24/h4-8,13-14H,2-3,9-12H2,1H3,(H,21,26). The number of nitrogens with zero attached hydrogens (tertiary/aromatic N) is 4. The maximum absolute atomic E-state index is 12.5. The molecular formula is C20H23N5O2. The average molecular weight is 365 g/mol. The molecule has 4 rings (SSSR count). The molecule has 1 fully saturated rings. The Balaban J connectivity index is 1.55. The summed E-state index contributed by atoms with van der Waals surface area (Å²) in [6.07, 6.45) is 5.66. The number of furan rings is 1. The van der Waals surface area contributed by atoms with Crippen molar-refractivity contribution < 1.29 is 9.21 Å². The number of hydrogen-bond acceptors (Lipinski definition) is 5. The number of amides is 1. The van der Waals surface area contributed by atoms with Crippen molar-refractivity contribution in [2.45, 2.75) is 19.8 Å². The minimum Gasteiger partial charge on any atom is -0.472 e. The van der Waals surface area contributed by atoms with Crippen LogP contribution in [0, 0.1) is 6.92 Å². The molecule has 27 heavy (non-hydrogen) atoms. The lowest BCUT2D eigenvalue weighted by molar-refractivity contribution is 0.0939. The normalized spacial score (nSPS) is 14.6. The number of aryl methyl sites for hydroxylation is 1. The lowest BCUT2D eigenvalue weighted by Gasteiger charge is -2.13. The van der Waals surface area contributed by atoms with Crippen LogP contribution in [0.1, 0.15) is 29.0 Å². The predicted octanol–water partition coefficient (Wildman–Crippen LogP) is 2.66. The zero-order valence-corrected chi connectivity index (χ0v) is 15.4. The van der Waals surface area contributed by atoms with E-state index in [0.717, 1.165) is 36.4 Å². The third kappa shape index (κ3) is 3.93. The Hall–Kier alpha value is -2.93. The van der Waals surface area contributed by atoms with Gasteiger partial charge in [0.25, 0.3) is 5.91 Å². The fourth-order valence-corrected chi connectivity index (χ4v) is 3.27. The number of aromatic nitrogens is 3. The smallest absolute Gasteiger partial charge is 0.291 e. The largest absolute Gasteiger partial charge is 0.472 e. The molecule has 7 nitrogen and oxygen atoms in total. The Kier molecular flexibility index (Phi) is 5.02. The van der Waals surface area contributed by atoms with Crippen LogP contribution in [-0.4, -0.2) is 51.8 Å². The molecule has 0 saturated carbocycles. The first-order chi connectivity index (χ1) is 13.2. The number of carbonyl (C=O) groups excluding carboxylic acids is 1. The molecule has 1 saturated heterocycles. The van der Waals surface area contributed by atoms with Gasteiger partial charge in [-0.05, 0) is 51.1 Å². The quantitative estimate of drug-likeness (QED) is 0.727. The van der Waals surface area contributed by atoms with E-state index in [0.29, 0.717) is 12.4 Å². The van der Waals surface area contributed by atoms with Crippen LogP contribution >= 0.6 is 0 Å². The van der Waals surface area contributed by atoms with Gasteiger partial charge in [-0.3, -0.25) is 4.79 Å². The first-order valence-electron chi connectivity index (χ1n) is 9.28. The zero-order chi connectivity index (χ0) is 18.6. The van der Waals surface area contributed by atoms with Crippen LogP contribution in [0.2, 0.25) is 0 Å². The van der Waals surface area contributed by atoms with E-state index in [1.54, 1.807) is 17.2 Å². The second-order valence-electron chi connectivity index (χ2n) is 6.82. The Bertz CT molecular complexity index is 893.